The van der Waals surface area contributed by atoms with Crippen LogP contribution in [0.5, 0.6) is 23.0 Å². The van der Waals surface area contributed by atoms with Crippen molar-refractivity contribution < 1.29 is 30.3 Å². The third-order valence-corrected chi connectivity index (χ3v) is 4.42. The lowest BCUT2D eigenvalue weighted by molar-refractivity contribution is 0.119. The van der Waals surface area contributed by atoms with Gasteiger partial charge in [0, 0.05) is 13.2 Å². The number of aliphatic hydroxyl groups excluding tert-OH is 2. The minimum atomic E-state index is -0.228. The van der Waals surface area contributed by atoms with E-state index in [-0.39, 0.29) is 42.3 Å². The molecule has 0 radical (unpaired) electrons. The molecule has 0 spiro atoms. The molecule has 0 heterocycles. The molecule has 136 valence electrons. The van der Waals surface area contributed by atoms with E-state index in [1.807, 2.05) is 0 Å². The van der Waals surface area contributed by atoms with Crippen LogP contribution in [0.15, 0.2) is 36.4 Å². The van der Waals surface area contributed by atoms with Gasteiger partial charge in [-0.05, 0) is 60.1 Å². The van der Waals surface area contributed by atoms with Gasteiger partial charge in [0.2, 0.25) is 0 Å². The van der Waals surface area contributed by atoms with Gasteiger partial charge in [0.05, 0.1) is 7.11 Å². The number of methoxy groups -OCH3 is 1. The Balaban J connectivity index is 2.14. The molecule has 0 aliphatic heterocycles. The first kappa shape index (κ1) is 18.9. The topological polar surface area (TPSA) is 110 Å². The van der Waals surface area contributed by atoms with E-state index >= 15 is 0 Å². The molecule has 5 N–H and O–H groups in total. The van der Waals surface area contributed by atoms with Crippen LogP contribution >= 0.6 is 0 Å². The Kier molecular flexibility index (Phi) is 6.50. The highest BCUT2D eigenvalue weighted by Gasteiger charge is 2.22. The van der Waals surface area contributed by atoms with E-state index in [4.69, 9.17) is 4.74 Å². The molecule has 0 saturated carbocycles. The standard InChI is InChI=1S/C19H24O6/c1-25-19-9-13(3-5-17(19)23)7-15(11-21)14(10-20)6-12-2-4-16(22)18(24)8-12/h2-5,8-9,14-15,20-24H,6-7,10-11H2,1H3. The summed E-state index contributed by atoms with van der Waals surface area (Å²) in [4.78, 5) is 0. The maximum absolute atomic E-state index is 9.77. The fourth-order valence-corrected chi connectivity index (χ4v) is 2.91. The second kappa shape index (κ2) is 8.60. The number of phenols is 3. The van der Waals surface area contributed by atoms with Gasteiger partial charge in [-0.1, -0.05) is 12.1 Å². The summed E-state index contributed by atoms with van der Waals surface area (Å²) in [6, 6.07) is 9.53. The van der Waals surface area contributed by atoms with Crippen molar-refractivity contribution in [1.82, 2.24) is 0 Å². The number of phenolic OH excluding ortho intramolecular Hbond substituents is 3. The quantitative estimate of drug-likeness (QED) is 0.466. The van der Waals surface area contributed by atoms with E-state index in [1.54, 1.807) is 18.2 Å². The zero-order valence-electron chi connectivity index (χ0n) is 14.1. The van der Waals surface area contributed by atoms with Gasteiger partial charge in [-0.15, -0.1) is 0 Å². The van der Waals surface area contributed by atoms with Crippen LogP contribution < -0.4 is 4.74 Å². The number of benzene rings is 2. The Morgan fingerprint density at radius 2 is 1.28 bits per heavy atom. The zero-order chi connectivity index (χ0) is 18.4. The molecule has 0 bridgehead atoms. The lowest BCUT2D eigenvalue weighted by atomic mass is 9.83. The van der Waals surface area contributed by atoms with Crippen molar-refractivity contribution in [2.45, 2.75) is 12.8 Å². The number of hydrogen-bond acceptors (Lipinski definition) is 6. The van der Waals surface area contributed by atoms with Crippen LogP contribution in [0.4, 0.5) is 0 Å². The molecule has 0 aliphatic rings. The van der Waals surface area contributed by atoms with E-state index in [1.165, 1.54) is 25.3 Å². The van der Waals surface area contributed by atoms with E-state index < -0.39 is 0 Å². The molecule has 2 rings (SSSR count). The van der Waals surface area contributed by atoms with E-state index in [0.717, 1.165) is 11.1 Å². The summed E-state index contributed by atoms with van der Waals surface area (Å²) in [5.74, 6) is -0.440. The predicted octanol–water partition coefficient (Wildman–Crippen LogP) is 1.81. The van der Waals surface area contributed by atoms with Crippen LogP contribution in [0, 0.1) is 11.8 Å². The van der Waals surface area contributed by atoms with Crippen LogP contribution in [0.3, 0.4) is 0 Å². The molecule has 2 unspecified atom stereocenters. The van der Waals surface area contributed by atoms with Gasteiger partial charge in [0.15, 0.2) is 23.0 Å². The van der Waals surface area contributed by atoms with Crippen LogP contribution in [0.25, 0.3) is 0 Å². The predicted molar refractivity (Wildman–Crippen MR) is 93.0 cm³/mol. The van der Waals surface area contributed by atoms with E-state index in [0.29, 0.717) is 18.6 Å². The molecule has 2 aromatic rings. The van der Waals surface area contributed by atoms with E-state index in [9.17, 15) is 25.5 Å². The molecule has 0 saturated heterocycles. The third kappa shape index (κ3) is 4.78. The average molecular weight is 348 g/mol. The lowest BCUT2D eigenvalue weighted by Crippen LogP contribution is -2.26. The molecular formula is C19H24O6. The van der Waals surface area contributed by atoms with Gasteiger partial charge in [-0.2, -0.15) is 0 Å². The number of hydrogen-bond donors (Lipinski definition) is 5. The summed E-state index contributed by atoms with van der Waals surface area (Å²) in [5.41, 5.74) is 1.64. The summed E-state index contributed by atoms with van der Waals surface area (Å²) in [5, 5.41) is 48.2. The maximum Gasteiger partial charge on any atom is 0.160 e. The molecule has 0 amide bonds. The monoisotopic (exact) mass is 348 g/mol. The highest BCUT2D eigenvalue weighted by Crippen LogP contribution is 2.30. The van der Waals surface area contributed by atoms with Gasteiger partial charge < -0.3 is 30.3 Å². The fraction of sp³-hybridized carbons (Fsp3) is 0.368. The van der Waals surface area contributed by atoms with Gasteiger partial charge in [-0.25, -0.2) is 0 Å². The van der Waals surface area contributed by atoms with E-state index in [2.05, 4.69) is 0 Å². The van der Waals surface area contributed by atoms with Crippen molar-refractivity contribution in [3.05, 3.63) is 47.5 Å². The molecule has 25 heavy (non-hydrogen) atoms. The average Bonchev–Trinajstić information content (AvgIpc) is 2.62. The summed E-state index contributed by atoms with van der Waals surface area (Å²) >= 11 is 0. The minimum absolute atomic E-state index is 0.0464. The second-order valence-corrected chi connectivity index (χ2v) is 6.12. The molecule has 0 aliphatic carbocycles. The van der Waals surface area contributed by atoms with Gasteiger partial charge in [0.25, 0.3) is 0 Å². The largest absolute Gasteiger partial charge is 0.504 e. The molecular weight excluding hydrogens is 324 g/mol. The van der Waals surface area contributed by atoms with Gasteiger partial charge >= 0.3 is 0 Å². The summed E-state index contributed by atoms with van der Waals surface area (Å²) in [6.45, 7) is -0.236. The van der Waals surface area contributed by atoms with Gasteiger partial charge in [0.1, 0.15) is 0 Å². The van der Waals surface area contributed by atoms with Crippen molar-refractivity contribution in [3.8, 4) is 23.0 Å². The Bertz CT molecular complexity index is 700. The summed E-state index contributed by atoms with van der Waals surface area (Å²) < 4.78 is 5.09. The van der Waals surface area contributed by atoms with Crippen LogP contribution in [-0.4, -0.2) is 45.9 Å². The SMILES string of the molecule is COc1cc(CC(CO)C(CO)Cc2ccc(O)c(O)c2)ccc1O. The van der Waals surface area contributed by atoms with Crippen LogP contribution in [0.2, 0.25) is 0 Å². The summed E-state index contributed by atoms with van der Waals surface area (Å²) in [6.07, 6.45) is 0.952. The maximum atomic E-state index is 9.77. The summed E-state index contributed by atoms with van der Waals surface area (Å²) in [7, 11) is 1.47. The van der Waals surface area contributed by atoms with Crippen LogP contribution in [-0.2, 0) is 12.8 Å². The van der Waals surface area contributed by atoms with Gasteiger partial charge in [-0.3, -0.25) is 0 Å². The molecule has 0 fully saturated rings. The smallest absolute Gasteiger partial charge is 0.160 e. The molecule has 6 nitrogen and oxygen atoms in total. The second-order valence-electron chi connectivity index (χ2n) is 6.12. The normalized spacial score (nSPS) is 13.4. The molecule has 0 aromatic heterocycles. The Hall–Kier alpha value is -2.44. The number of ether oxygens (including phenoxy) is 1. The van der Waals surface area contributed by atoms with Crippen LogP contribution in [0.1, 0.15) is 11.1 Å². The first-order valence-electron chi connectivity index (χ1n) is 8.07. The Morgan fingerprint density at radius 3 is 1.76 bits per heavy atom. The number of rotatable bonds is 8. The first-order valence-corrected chi connectivity index (χ1v) is 8.07. The Labute approximate surface area is 146 Å². The third-order valence-electron chi connectivity index (χ3n) is 4.42. The molecule has 2 atom stereocenters. The van der Waals surface area contributed by atoms with Crippen molar-refractivity contribution in [2.75, 3.05) is 20.3 Å². The van der Waals surface area contributed by atoms with Crippen molar-refractivity contribution in [3.63, 3.8) is 0 Å². The highest BCUT2D eigenvalue weighted by atomic mass is 16.5. The molecule has 6 heteroatoms. The van der Waals surface area contributed by atoms with Crippen molar-refractivity contribution in [2.24, 2.45) is 11.8 Å². The minimum Gasteiger partial charge on any atom is -0.504 e. The first-order chi connectivity index (χ1) is 12.0. The number of aliphatic hydroxyl groups is 2. The number of aromatic hydroxyl groups is 3. The zero-order valence-corrected chi connectivity index (χ0v) is 14.1. The lowest BCUT2D eigenvalue weighted by Gasteiger charge is -2.24. The van der Waals surface area contributed by atoms with Crippen molar-refractivity contribution in [1.29, 1.82) is 0 Å². The molecule has 2 aromatic carbocycles. The van der Waals surface area contributed by atoms with Crippen molar-refractivity contribution >= 4 is 0 Å². The Morgan fingerprint density at radius 1 is 0.760 bits per heavy atom. The fourth-order valence-electron chi connectivity index (χ4n) is 2.91. The highest BCUT2D eigenvalue weighted by molar-refractivity contribution is 5.42.